The molecule has 0 fully saturated rings. The third kappa shape index (κ3) is 2.07. The monoisotopic (exact) mass is 281 g/mol. The van der Waals surface area contributed by atoms with Crippen LogP contribution in [0.2, 0.25) is 0 Å². The molecule has 1 aromatic heterocycles. The van der Waals surface area contributed by atoms with Gasteiger partial charge in [0.2, 0.25) is 5.95 Å². The Kier molecular flexibility index (Phi) is 2.99. The van der Waals surface area contributed by atoms with Crippen LogP contribution in [0.15, 0.2) is 36.2 Å². The third-order valence-electron chi connectivity index (χ3n) is 3.51. The van der Waals surface area contributed by atoms with Crippen LogP contribution in [-0.4, -0.2) is 28.9 Å². The SMILES string of the molecule is CN(C)c1ccc(C2Nc3nncn3C(N)=C2C#N)cc1. The summed E-state index contributed by atoms with van der Waals surface area (Å²) in [5, 5.41) is 20.4. The van der Waals surface area contributed by atoms with Gasteiger partial charge in [-0.3, -0.25) is 4.57 Å². The second-order valence-electron chi connectivity index (χ2n) is 5.00. The first-order chi connectivity index (χ1) is 10.1. The van der Waals surface area contributed by atoms with Crippen LogP contribution in [0, 0.1) is 11.3 Å². The highest BCUT2D eigenvalue weighted by Gasteiger charge is 2.27. The van der Waals surface area contributed by atoms with Crippen molar-refractivity contribution in [3.8, 4) is 6.07 Å². The average Bonchev–Trinajstić information content (AvgIpc) is 2.96. The van der Waals surface area contributed by atoms with Gasteiger partial charge in [0.1, 0.15) is 18.2 Å². The quantitative estimate of drug-likeness (QED) is 0.857. The zero-order valence-electron chi connectivity index (χ0n) is 11.8. The van der Waals surface area contributed by atoms with E-state index in [1.807, 2.05) is 43.3 Å². The first-order valence-electron chi connectivity index (χ1n) is 6.45. The number of nitrogens with zero attached hydrogens (tertiary/aromatic N) is 5. The molecule has 0 aliphatic carbocycles. The predicted octanol–water partition coefficient (Wildman–Crippen LogP) is 1.16. The maximum atomic E-state index is 9.41. The second kappa shape index (κ2) is 4.83. The second-order valence-corrected chi connectivity index (χ2v) is 5.00. The van der Waals surface area contributed by atoms with Gasteiger partial charge < -0.3 is 16.0 Å². The molecule has 1 aromatic carbocycles. The number of nitriles is 1. The molecule has 0 saturated carbocycles. The molecule has 1 atom stereocenters. The van der Waals surface area contributed by atoms with E-state index < -0.39 is 0 Å². The van der Waals surface area contributed by atoms with Crippen molar-refractivity contribution in [1.29, 1.82) is 5.26 Å². The van der Waals surface area contributed by atoms with Gasteiger partial charge in [0.05, 0.1) is 11.6 Å². The van der Waals surface area contributed by atoms with Crippen LogP contribution >= 0.6 is 0 Å². The minimum atomic E-state index is -0.317. The largest absolute Gasteiger partial charge is 0.384 e. The van der Waals surface area contributed by atoms with Crippen LogP contribution in [0.4, 0.5) is 11.6 Å². The average molecular weight is 281 g/mol. The Bertz CT molecular complexity index is 733. The van der Waals surface area contributed by atoms with Gasteiger partial charge >= 0.3 is 0 Å². The maximum Gasteiger partial charge on any atom is 0.231 e. The molecule has 2 aromatic rings. The minimum Gasteiger partial charge on any atom is -0.384 e. The fourth-order valence-corrected chi connectivity index (χ4v) is 2.33. The van der Waals surface area contributed by atoms with Crippen molar-refractivity contribution in [1.82, 2.24) is 14.8 Å². The van der Waals surface area contributed by atoms with Crippen LogP contribution in [0.1, 0.15) is 11.6 Å². The number of nitrogens with one attached hydrogen (secondary N) is 1. The van der Waals surface area contributed by atoms with Crippen molar-refractivity contribution in [2.45, 2.75) is 6.04 Å². The van der Waals surface area contributed by atoms with Gasteiger partial charge in [0, 0.05) is 19.8 Å². The van der Waals surface area contributed by atoms with Gasteiger partial charge in [-0.25, -0.2) is 0 Å². The summed E-state index contributed by atoms with van der Waals surface area (Å²) < 4.78 is 1.57. The molecule has 1 aliphatic rings. The lowest BCUT2D eigenvalue weighted by molar-refractivity contribution is 0.848. The molecule has 7 heteroatoms. The molecule has 1 aliphatic heterocycles. The molecule has 106 valence electrons. The van der Waals surface area contributed by atoms with E-state index in [2.05, 4.69) is 21.6 Å². The Hall–Kier alpha value is -3.01. The number of aromatic nitrogens is 3. The number of fused-ring (bicyclic) bond motifs is 1. The van der Waals surface area contributed by atoms with E-state index in [1.165, 1.54) is 6.33 Å². The Morgan fingerprint density at radius 2 is 2.05 bits per heavy atom. The Morgan fingerprint density at radius 1 is 1.33 bits per heavy atom. The number of nitrogens with two attached hydrogens (primary N) is 1. The molecule has 21 heavy (non-hydrogen) atoms. The van der Waals surface area contributed by atoms with E-state index in [-0.39, 0.29) is 6.04 Å². The summed E-state index contributed by atoms with van der Waals surface area (Å²) >= 11 is 0. The normalized spacial score (nSPS) is 16.9. The van der Waals surface area contributed by atoms with Gasteiger partial charge in [-0.05, 0) is 17.7 Å². The van der Waals surface area contributed by atoms with Crippen LogP contribution in [0.25, 0.3) is 5.82 Å². The highest BCUT2D eigenvalue weighted by atomic mass is 15.4. The smallest absolute Gasteiger partial charge is 0.231 e. The lowest BCUT2D eigenvalue weighted by atomic mass is 9.98. The van der Waals surface area contributed by atoms with Crippen molar-refractivity contribution in [2.24, 2.45) is 5.73 Å². The summed E-state index contributed by atoms with van der Waals surface area (Å²) in [5.74, 6) is 0.895. The van der Waals surface area contributed by atoms with E-state index in [0.717, 1.165) is 11.3 Å². The lowest BCUT2D eigenvalue weighted by Crippen LogP contribution is -2.26. The van der Waals surface area contributed by atoms with Crippen molar-refractivity contribution in [3.63, 3.8) is 0 Å². The first-order valence-corrected chi connectivity index (χ1v) is 6.45. The van der Waals surface area contributed by atoms with E-state index in [1.54, 1.807) is 4.57 Å². The van der Waals surface area contributed by atoms with Crippen LogP contribution in [-0.2, 0) is 0 Å². The standard InChI is InChI=1S/C14H15N7/c1-20(2)10-5-3-9(4-6-10)12-11(7-15)13(16)21-8-17-19-14(21)18-12/h3-6,8,12H,16H2,1-2H3,(H,18,19). The van der Waals surface area contributed by atoms with Crippen molar-refractivity contribution in [3.05, 3.63) is 41.7 Å². The van der Waals surface area contributed by atoms with E-state index in [4.69, 9.17) is 5.73 Å². The van der Waals surface area contributed by atoms with Gasteiger partial charge in [-0.2, -0.15) is 5.26 Å². The summed E-state index contributed by atoms with van der Waals surface area (Å²) in [6.45, 7) is 0. The number of hydrogen-bond donors (Lipinski definition) is 2. The van der Waals surface area contributed by atoms with Gasteiger partial charge in [0.25, 0.3) is 0 Å². The van der Waals surface area contributed by atoms with Crippen LogP contribution in [0.3, 0.4) is 0 Å². The fraction of sp³-hybridized carbons (Fsp3) is 0.214. The number of anilines is 2. The molecule has 0 bridgehead atoms. The summed E-state index contributed by atoms with van der Waals surface area (Å²) in [4.78, 5) is 2.02. The highest BCUT2D eigenvalue weighted by molar-refractivity contribution is 5.66. The maximum absolute atomic E-state index is 9.41. The van der Waals surface area contributed by atoms with E-state index >= 15 is 0 Å². The van der Waals surface area contributed by atoms with Crippen LogP contribution in [0.5, 0.6) is 0 Å². The molecule has 0 amide bonds. The van der Waals surface area contributed by atoms with Gasteiger partial charge in [0.15, 0.2) is 0 Å². The molecular weight excluding hydrogens is 266 g/mol. The molecule has 0 spiro atoms. The molecule has 0 saturated heterocycles. The molecule has 0 radical (unpaired) electrons. The van der Waals surface area contributed by atoms with Crippen LogP contribution < -0.4 is 16.0 Å². The topological polar surface area (TPSA) is 95.8 Å². The Balaban J connectivity index is 2.03. The molecule has 3 N–H and O–H groups in total. The van der Waals surface area contributed by atoms with Gasteiger partial charge in [-0.15, -0.1) is 10.2 Å². The Morgan fingerprint density at radius 3 is 2.67 bits per heavy atom. The number of hydrogen-bond acceptors (Lipinski definition) is 6. The molecule has 2 heterocycles. The first kappa shape index (κ1) is 13.0. The van der Waals surface area contributed by atoms with Crippen molar-refractivity contribution >= 4 is 17.5 Å². The third-order valence-corrected chi connectivity index (χ3v) is 3.51. The van der Waals surface area contributed by atoms with Crippen molar-refractivity contribution in [2.75, 3.05) is 24.3 Å². The summed E-state index contributed by atoms with van der Waals surface area (Å²) in [6.07, 6.45) is 1.49. The molecule has 3 rings (SSSR count). The zero-order valence-corrected chi connectivity index (χ0v) is 11.8. The highest BCUT2D eigenvalue weighted by Crippen LogP contribution is 2.33. The number of benzene rings is 1. The minimum absolute atomic E-state index is 0.317. The van der Waals surface area contributed by atoms with E-state index in [0.29, 0.717) is 17.3 Å². The number of rotatable bonds is 2. The molecule has 1 unspecified atom stereocenters. The lowest BCUT2D eigenvalue weighted by Gasteiger charge is -2.26. The predicted molar refractivity (Wildman–Crippen MR) is 80.2 cm³/mol. The zero-order chi connectivity index (χ0) is 15.0. The fourth-order valence-electron chi connectivity index (χ4n) is 2.33. The van der Waals surface area contributed by atoms with E-state index in [9.17, 15) is 5.26 Å². The van der Waals surface area contributed by atoms with Gasteiger partial charge in [-0.1, -0.05) is 12.1 Å². The Labute approximate surface area is 122 Å². The summed E-state index contributed by atoms with van der Waals surface area (Å²) in [7, 11) is 3.96. The molecular formula is C14H15N7. The van der Waals surface area contributed by atoms with Crippen molar-refractivity contribution < 1.29 is 0 Å². The summed E-state index contributed by atoms with van der Waals surface area (Å²) in [6, 6.07) is 9.81. The molecule has 7 nitrogen and oxygen atoms in total. The summed E-state index contributed by atoms with van der Waals surface area (Å²) in [5.41, 5.74) is 8.55.